The number of amides is 1. The molecule has 1 saturated carbocycles. The van der Waals surface area contributed by atoms with Gasteiger partial charge in [-0.3, -0.25) is 14.5 Å². The van der Waals surface area contributed by atoms with Gasteiger partial charge in [0.2, 0.25) is 5.91 Å². The number of furan rings is 1. The third-order valence-corrected chi connectivity index (χ3v) is 4.19. The van der Waals surface area contributed by atoms with Crippen LogP contribution >= 0.6 is 0 Å². The minimum atomic E-state index is -0.884. The van der Waals surface area contributed by atoms with Gasteiger partial charge < -0.3 is 14.8 Å². The zero-order valence-electron chi connectivity index (χ0n) is 13.3. The highest BCUT2D eigenvalue weighted by atomic mass is 16.4. The van der Waals surface area contributed by atoms with E-state index >= 15 is 0 Å². The van der Waals surface area contributed by atoms with E-state index in [0.29, 0.717) is 31.5 Å². The second kappa shape index (κ2) is 6.96. The fourth-order valence-electron chi connectivity index (χ4n) is 2.54. The summed E-state index contributed by atoms with van der Waals surface area (Å²) < 4.78 is 5.84. The van der Waals surface area contributed by atoms with Gasteiger partial charge >= 0.3 is 5.97 Å². The number of carbonyl (C=O) groups is 2. The molecule has 1 aliphatic rings. The van der Waals surface area contributed by atoms with Gasteiger partial charge in [0, 0.05) is 25.9 Å². The molecular weight excluding hydrogens is 284 g/mol. The lowest BCUT2D eigenvalue weighted by Gasteiger charge is -2.25. The second-order valence-corrected chi connectivity index (χ2v) is 6.09. The zero-order chi connectivity index (χ0) is 16.3. The number of nitrogens with one attached hydrogen (secondary N) is 1. The fourth-order valence-corrected chi connectivity index (χ4v) is 2.54. The molecule has 3 atom stereocenters. The number of aliphatic carboxylic acids is 1. The van der Waals surface area contributed by atoms with Gasteiger partial charge in [-0.1, -0.05) is 6.92 Å². The molecule has 122 valence electrons. The van der Waals surface area contributed by atoms with Crippen molar-refractivity contribution >= 4 is 11.9 Å². The van der Waals surface area contributed by atoms with E-state index in [-0.39, 0.29) is 5.91 Å². The summed E-state index contributed by atoms with van der Waals surface area (Å²) in [6.45, 7) is 6.58. The van der Waals surface area contributed by atoms with Crippen LogP contribution in [0.3, 0.4) is 0 Å². The molecule has 1 fully saturated rings. The predicted molar refractivity (Wildman–Crippen MR) is 81.4 cm³/mol. The Bertz CT molecular complexity index is 540. The number of carboxylic acids is 1. The van der Waals surface area contributed by atoms with Gasteiger partial charge in [0.1, 0.15) is 17.6 Å². The van der Waals surface area contributed by atoms with Crippen LogP contribution in [-0.2, 0) is 16.1 Å². The molecular formula is C16H24N2O4. The highest BCUT2D eigenvalue weighted by molar-refractivity contribution is 5.73. The smallest absolute Gasteiger partial charge is 0.320 e. The third kappa shape index (κ3) is 4.34. The van der Waals surface area contributed by atoms with Gasteiger partial charge in [0.25, 0.3) is 0 Å². The Kier molecular flexibility index (Phi) is 5.24. The van der Waals surface area contributed by atoms with E-state index in [4.69, 9.17) is 4.42 Å². The van der Waals surface area contributed by atoms with Crippen molar-refractivity contribution in [2.45, 2.75) is 45.7 Å². The Balaban J connectivity index is 1.96. The largest absolute Gasteiger partial charge is 0.480 e. The minimum Gasteiger partial charge on any atom is -0.480 e. The van der Waals surface area contributed by atoms with Crippen LogP contribution in [0.1, 0.15) is 44.6 Å². The summed E-state index contributed by atoms with van der Waals surface area (Å²) in [5.41, 5.74) is 0. The molecule has 0 saturated heterocycles. The zero-order valence-corrected chi connectivity index (χ0v) is 13.3. The molecule has 0 aromatic carbocycles. The summed E-state index contributed by atoms with van der Waals surface area (Å²) >= 11 is 0. The molecule has 22 heavy (non-hydrogen) atoms. The van der Waals surface area contributed by atoms with Crippen molar-refractivity contribution in [2.24, 2.45) is 5.92 Å². The van der Waals surface area contributed by atoms with Gasteiger partial charge in [-0.05, 0) is 31.4 Å². The van der Waals surface area contributed by atoms with Crippen LogP contribution in [0.15, 0.2) is 16.5 Å². The number of rotatable bonds is 8. The van der Waals surface area contributed by atoms with Crippen molar-refractivity contribution in [3.05, 3.63) is 23.7 Å². The number of carbonyl (C=O) groups excluding carboxylic acids is 1. The minimum absolute atomic E-state index is 0.120. The fraction of sp³-hybridized carbons (Fsp3) is 0.625. The molecule has 1 amide bonds. The van der Waals surface area contributed by atoms with Crippen molar-refractivity contribution in [2.75, 3.05) is 13.1 Å². The van der Waals surface area contributed by atoms with E-state index in [1.165, 1.54) is 6.92 Å². The van der Waals surface area contributed by atoms with E-state index < -0.39 is 12.0 Å². The van der Waals surface area contributed by atoms with E-state index in [2.05, 4.69) is 12.2 Å². The highest BCUT2D eigenvalue weighted by Crippen LogP contribution is 2.47. The quantitative estimate of drug-likeness (QED) is 0.765. The van der Waals surface area contributed by atoms with E-state index in [0.717, 1.165) is 17.9 Å². The van der Waals surface area contributed by atoms with Crippen LogP contribution < -0.4 is 5.32 Å². The van der Waals surface area contributed by atoms with E-state index in [1.54, 1.807) is 11.8 Å². The first kappa shape index (κ1) is 16.5. The van der Waals surface area contributed by atoms with Crippen molar-refractivity contribution in [3.63, 3.8) is 0 Å². The van der Waals surface area contributed by atoms with Gasteiger partial charge in [-0.25, -0.2) is 0 Å². The van der Waals surface area contributed by atoms with Gasteiger partial charge in [-0.15, -0.1) is 0 Å². The van der Waals surface area contributed by atoms with Crippen LogP contribution in [0, 0.1) is 5.92 Å². The standard InChI is InChI=1S/C16H24N2O4/c1-10-8-14(10)15-5-4-13(22-15)9-18(11(2)16(20)21)7-6-17-12(3)19/h4-5,10-11,14H,6-9H2,1-3H3,(H,17,19)(H,20,21). The lowest BCUT2D eigenvalue weighted by Crippen LogP contribution is -2.42. The van der Waals surface area contributed by atoms with Gasteiger partial charge in [0.05, 0.1) is 6.54 Å². The van der Waals surface area contributed by atoms with Crippen LogP contribution in [0.4, 0.5) is 0 Å². The Hall–Kier alpha value is -1.82. The molecule has 6 nitrogen and oxygen atoms in total. The molecule has 0 radical (unpaired) electrons. The third-order valence-electron chi connectivity index (χ3n) is 4.19. The first-order valence-corrected chi connectivity index (χ1v) is 7.68. The summed E-state index contributed by atoms with van der Waals surface area (Å²) in [7, 11) is 0. The van der Waals surface area contributed by atoms with E-state index in [1.807, 2.05) is 12.1 Å². The Morgan fingerprint density at radius 2 is 2.18 bits per heavy atom. The summed E-state index contributed by atoms with van der Waals surface area (Å²) in [4.78, 5) is 24.0. The molecule has 1 heterocycles. The Morgan fingerprint density at radius 3 is 2.73 bits per heavy atom. The van der Waals surface area contributed by atoms with Crippen molar-refractivity contribution in [3.8, 4) is 0 Å². The maximum absolute atomic E-state index is 11.2. The van der Waals surface area contributed by atoms with Crippen molar-refractivity contribution in [1.82, 2.24) is 10.2 Å². The number of hydrogen-bond acceptors (Lipinski definition) is 4. The molecule has 0 spiro atoms. The average molecular weight is 308 g/mol. The van der Waals surface area contributed by atoms with Crippen LogP contribution in [0.5, 0.6) is 0 Å². The average Bonchev–Trinajstić information content (AvgIpc) is 2.99. The first-order valence-electron chi connectivity index (χ1n) is 7.68. The molecule has 0 aliphatic heterocycles. The van der Waals surface area contributed by atoms with Gasteiger partial charge in [-0.2, -0.15) is 0 Å². The lowest BCUT2D eigenvalue weighted by atomic mass is 10.2. The topological polar surface area (TPSA) is 82.8 Å². The summed E-state index contributed by atoms with van der Waals surface area (Å²) in [6.07, 6.45) is 1.16. The monoisotopic (exact) mass is 308 g/mol. The van der Waals surface area contributed by atoms with Crippen LogP contribution in [0.25, 0.3) is 0 Å². The second-order valence-electron chi connectivity index (χ2n) is 6.09. The Morgan fingerprint density at radius 1 is 1.50 bits per heavy atom. The number of hydrogen-bond donors (Lipinski definition) is 2. The molecule has 1 aliphatic carbocycles. The van der Waals surface area contributed by atoms with Gasteiger partial charge in [0.15, 0.2) is 0 Å². The molecule has 0 bridgehead atoms. The molecule has 1 aromatic rings. The SMILES string of the molecule is CC(=O)NCCN(Cc1ccc(C2CC2C)o1)C(C)C(=O)O. The maximum Gasteiger partial charge on any atom is 0.320 e. The summed E-state index contributed by atoms with van der Waals surface area (Å²) in [5.74, 6) is 1.94. The van der Waals surface area contributed by atoms with Crippen molar-refractivity contribution in [1.29, 1.82) is 0 Å². The molecule has 2 N–H and O–H groups in total. The molecule has 2 rings (SSSR count). The van der Waals surface area contributed by atoms with Crippen LogP contribution in [0.2, 0.25) is 0 Å². The highest BCUT2D eigenvalue weighted by Gasteiger charge is 2.36. The number of nitrogens with zero attached hydrogens (tertiary/aromatic N) is 1. The summed E-state index contributed by atoms with van der Waals surface area (Å²) in [5, 5.41) is 11.9. The normalized spacial score (nSPS) is 21.6. The van der Waals surface area contributed by atoms with Crippen molar-refractivity contribution < 1.29 is 19.1 Å². The van der Waals surface area contributed by atoms with Crippen LogP contribution in [-0.4, -0.2) is 41.0 Å². The number of carboxylic acid groups (broad SMARTS) is 1. The predicted octanol–water partition coefficient (Wildman–Crippen LogP) is 1.81. The first-order chi connectivity index (χ1) is 10.4. The molecule has 1 aromatic heterocycles. The lowest BCUT2D eigenvalue weighted by molar-refractivity contribution is -0.142. The molecule has 3 unspecified atom stereocenters. The molecule has 6 heteroatoms. The summed E-state index contributed by atoms with van der Waals surface area (Å²) in [6, 6.07) is 3.27. The maximum atomic E-state index is 11.2. The Labute approximate surface area is 130 Å². The van der Waals surface area contributed by atoms with E-state index in [9.17, 15) is 14.7 Å².